The standard InChI is InChI=1S/C40H41F3N4O4/c41-40(42,43)31-12-5-10-29(24-31)35(49)37(51)47-20-6-13-33-32(25-47)36(50)45-38(44-33)39(18-19-39)30-11-4-9-28(23-30)27-16-21-46(22-17-27)34(48)15-14-26-7-2-1-3-8-26/h1-5,7-12,23-24,27,35,49H,6,13-22,25H2,(H,44,45,50). The van der Waals surface area contributed by atoms with Crippen LogP contribution in [0.3, 0.4) is 0 Å². The first-order valence-corrected chi connectivity index (χ1v) is 17.7. The summed E-state index contributed by atoms with van der Waals surface area (Å²) in [7, 11) is 0. The smallest absolute Gasteiger partial charge is 0.378 e. The Bertz CT molecular complexity index is 1970. The number of benzene rings is 3. The van der Waals surface area contributed by atoms with Gasteiger partial charge in [0.2, 0.25) is 5.91 Å². The molecule has 1 atom stereocenters. The van der Waals surface area contributed by atoms with E-state index in [1.807, 2.05) is 23.1 Å². The van der Waals surface area contributed by atoms with Gasteiger partial charge in [-0.25, -0.2) is 4.98 Å². The first-order valence-electron chi connectivity index (χ1n) is 17.7. The number of amides is 2. The van der Waals surface area contributed by atoms with E-state index >= 15 is 0 Å². The zero-order chi connectivity index (χ0) is 35.8. The highest BCUT2D eigenvalue weighted by Crippen LogP contribution is 2.52. The summed E-state index contributed by atoms with van der Waals surface area (Å²) in [6, 6.07) is 22.7. The summed E-state index contributed by atoms with van der Waals surface area (Å²) in [5.41, 5.74) is 2.54. The van der Waals surface area contributed by atoms with E-state index in [9.17, 15) is 32.7 Å². The number of rotatable bonds is 8. The van der Waals surface area contributed by atoms with Crippen molar-refractivity contribution in [3.63, 3.8) is 0 Å². The monoisotopic (exact) mass is 698 g/mol. The van der Waals surface area contributed by atoms with Gasteiger partial charge in [0.25, 0.3) is 11.5 Å². The number of halogens is 3. The summed E-state index contributed by atoms with van der Waals surface area (Å²) in [5, 5.41) is 10.8. The quantitative estimate of drug-likeness (QED) is 0.228. The highest BCUT2D eigenvalue weighted by atomic mass is 19.4. The van der Waals surface area contributed by atoms with Crippen LogP contribution in [0.5, 0.6) is 0 Å². The van der Waals surface area contributed by atoms with Gasteiger partial charge in [0, 0.05) is 26.1 Å². The van der Waals surface area contributed by atoms with E-state index in [4.69, 9.17) is 4.98 Å². The Morgan fingerprint density at radius 1 is 0.941 bits per heavy atom. The van der Waals surface area contributed by atoms with Gasteiger partial charge in [0.1, 0.15) is 5.82 Å². The molecule has 0 spiro atoms. The number of fused-ring (bicyclic) bond motifs is 1. The molecule has 51 heavy (non-hydrogen) atoms. The molecule has 0 bridgehead atoms. The molecule has 0 radical (unpaired) electrons. The predicted octanol–water partition coefficient (Wildman–Crippen LogP) is 6.22. The topological polar surface area (TPSA) is 107 Å². The Hall–Kier alpha value is -4.77. The Labute approximate surface area is 294 Å². The Morgan fingerprint density at radius 2 is 1.69 bits per heavy atom. The number of hydrogen-bond donors (Lipinski definition) is 2. The number of nitrogens with zero attached hydrogens (tertiary/aromatic N) is 3. The van der Waals surface area contributed by atoms with E-state index < -0.39 is 29.2 Å². The summed E-state index contributed by atoms with van der Waals surface area (Å²) in [4.78, 5) is 51.1. The van der Waals surface area contributed by atoms with E-state index in [2.05, 4.69) is 41.4 Å². The molecule has 1 unspecified atom stereocenters. The SMILES string of the molecule is O=C(CCc1ccccc1)N1CCC(c2cccc(C3(c4nc5c(c(=O)[nH]4)CN(C(=O)C(O)c4cccc(C(F)(F)F)c4)CCC5)CC3)c2)CC1. The minimum Gasteiger partial charge on any atom is -0.378 e. The molecule has 1 saturated heterocycles. The molecule has 3 aliphatic rings. The molecule has 2 fully saturated rings. The molecule has 8 nitrogen and oxygen atoms in total. The first-order chi connectivity index (χ1) is 24.5. The van der Waals surface area contributed by atoms with Crippen LogP contribution in [0.2, 0.25) is 0 Å². The number of carbonyl (C=O) groups excluding carboxylic acids is 2. The third kappa shape index (κ3) is 7.35. The van der Waals surface area contributed by atoms with Crippen molar-refractivity contribution in [3.05, 3.63) is 134 Å². The van der Waals surface area contributed by atoms with Crippen molar-refractivity contribution in [1.82, 2.24) is 19.8 Å². The van der Waals surface area contributed by atoms with E-state index in [0.717, 1.165) is 69.0 Å². The van der Waals surface area contributed by atoms with Crippen molar-refractivity contribution < 1.29 is 27.9 Å². The molecule has 2 amide bonds. The molecule has 3 aromatic carbocycles. The van der Waals surface area contributed by atoms with Crippen LogP contribution in [0.15, 0.2) is 83.7 Å². The highest BCUT2D eigenvalue weighted by Gasteiger charge is 2.49. The van der Waals surface area contributed by atoms with Gasteiger partial charge < -0.3 is 19.9 Å². The first kappa shape index (κ1) is 34.7. The van der Waals surface area contributed by atoms with Crippen molar-refractivity contribution in [2.45, 2.75) is 81.5 Å². The van der Waals surface area contributed by atoms with Gasteiger partial charge in [-0.15, -0.1) is 0 Å². The third-order valence-corrected chi connectivity index (χ3v) is 10.8. The zero-order valence-corrected chi connectivity index (χ0v) is 28.3. The maximum absolute atomic E-state index is 13.6. The average molecular weight is 699 g/mol. The van der Waals surface area contributed by atoms with E-state index in [0.29, 0.717) is 42.3 Å². The minimum atomic E-state index is -4.61. The number of piperidine rings is 1. The number of aromatic amines is 1. The van der Waals surface area contributed by atoms with Crippen molar-refractivity contribution in [2.75, 3.05) is 19.6 Å². The molecule has 1 saturated carbocycles. The number of likely N-dealkylation sites (tertiary alicyclic amines) is 1. The second kappa shape index (κ2) is 14.1. The molecule has 2 N–H and O–H groups in total. The van der Waals surface area contributed by atoms with Crippen molar-refractivity contribution in [3.8, 4) is 0 Å². The summed E-state index contributed by atoms with van der Waals surface area (Å²) < 4.78 is 39.8. The van der Waals surface area contributed by atoms with Crippen molar-refractivity contribution >= 4 is 11.8 Å². The molecule has 2 aliphatic heterocycles. The van der Waals surface area contributed by atoms with E-state index in [1.54, 1.807) is 0 Å². The lowest BCUT2D eigenvalue weighted by molar-refractivity contribution is -0.142. The Balaban J connectivity index is 1.03. The van der Waals surface area contributed by atoms with Crippen molar-refractivity contribution in [2.24, 2.45) is 0 Å². The van der Waals surface area contributed by atoms with Crippen LogP contribution < -0.4 is 5.56 Å². The number of H-pyrrole nitrogens is 1. The number of aliphatic hydroxyl groups excluding tert-OH is 1. The Kier molecular flexibility index (Phi) is 9.58. The van der Waals surface area contributed by atoms with E-state index in [-0.39, 0.29) is 30.1 Å². The number of hydrogen-bond acceptors (Lipinski definition) is 5. The van der Waals surface area contributed by atoms with Gasteiger partial charge >= 0.3 is 6.18 Å². The van der Waals surface area contributed by atoms with Crippen LogP contribution in [0.1, 0.15) is 95.4 Å². The summed E-state index contributed by atoms with van der Waals surface area (Å²) >= 11 is 0. The number of aliphatic hydroxyl groups is 1. The summed E-state index contributed by atoms with van der Waals surface area (Å²) in [5.74, 6) is 0.364. The van der Waals surface area contributed by atoms with Gasteiger partial charge in [-0.05, 0) is 85.3 Å². The summed E-state index contributed by atoms with van der Waals surface area (Å²) in [6.07, 6.45) is -0.776. The van der Waals surface area contributed by atoms with E-state index in [1.165, 1.54) is 22.1 Å². The molecule has 1 aromatic heterocycles. The predicted molar refractivity (Wildman–Crippen MR) is 185 cm³/mol. The number of aryl methyl sites for hydroxylation is 2. The molecule has 7 rings (SSSR count). The molecule has 4 aromatic rings. The number of alkyl halides is 3. The van der Waals surface area contributed by atoms with Crippen LogP contribution in [0.25, 0.3) is 0 Å². The lowest BCUT2D eigenvalue weighted by Gasteiger charge is -2.32. The summed E-state index contributed by atoms with van der Waals surface area (Å²) in [6.45, 7) is 1.58. The number of aromatic nitrogens is 2. The highest BCUT2D eigenvalue weighted by molar-refractivity contribution is 5.82. The maximum atomic E-state index is 13.6. The number of nitrogens with one attached hydrogen (secondary N) is 1. The second-order valence-electron chi connectivity index (χ2n) is 14.1. The molecular weight excluding hydrogens is 657 g/mol. The average Bonchev–Trinajstić information content (AvgIpc) is 3.99. The normalized spacial score (nSPS) is 18.1. The van der Waals surface area contributed by atoms with Crippen LogP contribution >= 0.6 is 0 Å². The lowest BCUT2D eigenvalue weighted by Crippen LogP contribution is -2.38. The van der Waals surface area contributed by atoms with Gasteiger partial charge in [0.15, 0.2) is 6.10 Å². The number of carbonyl (C=O) groups is 2. The fourth-order valence-corrected chi connectivity index (χ4v) is 7.63. The molecule has 3 heterocycles. The van der Waals surface area contributed by atoms with Gasteiger partial charge in [-0.1, -0.05) is 66.7 Å². The van der Waals surface area contributed by atoms with Crippen molar-refractivity contribution in [1.29, 1.82) is 0 Å². The second-order valence-corrected chi connectivity index (χ2v) is 14.1. The fourth-order valence-electron chi connectivity index (χ4n) is 7.63. The maximum Gasteiger partial charge on any atom is 0.416 e. The molecule has 1 aliphatic carbocycles. The van der Waals surface area contributed by atoms with Crippen LogP contribution in [0, 0.1) is 0 Å². The zero-order valence-electron chi connectivity index (χ0n) is 28.3. The largest absolute Gasteiger partial charge is 0.416 e. The lowest BCUT2D eigenvalue weighted by atomic mass is 9.85. The van der Waals surface area contributed by atoms with Gasteiger partial charge in [-0.3, -0.25) is 14.4 Å². The van der Waals surface area contributed by atoms with Crippen LogP contribution in [-0.4, -0.2) is 56.3 Å². The molecular formula is C40H41F3N4O4. The molecule has 11 heteroatoms. The van der Waals surface area contributed by atoms with Crippen LogP contribution in [0.4, 0.5) is 13.2 Å². The molecule has 266 valence electrons. The van der Waals surface area contributed by atoms with Crippen LogP contribution in [-0.2, 0) is 40.6 Å². The fraction of sp³-hybridized carbons (Fsp3) is 0.400. The Morgan fingerprint density at radius 3 is 2.41 bits per heavy atom. The minimum absolute atomic E-state index is 0.0945. The third-order valence-electron chi connectivity index (χ3n) is 10.8. The van der Waals surface area contributed by atoms with Gasteiger partial charge in [0.05, 0.1) is 28.8 Å². The van der Waals surface area contributed by atoms with Gasteiger partial charge in [-0.2, -0.15) is 13.2 Å².